The SMILES string of the molecule is ClCC(Cc1ccccc1)Cc1cccc(Br)c1. The Kier molecular flexibility index (Phi) is 5.27. The lowest BCUT2D eigenvalue weighted by Gasteiger charge is -2.14. The van der Waals surface area contributed by atoms with Crippen LogP contribution in [0.5, 0.6) is 0 Å². The fourth-order valence-corrected chi connectivity index (χ4v) is 2.79. The molecule has 0 aliphatic rings. The number of benzene rings is 2. The van der Waals surface area contributed by atoms with E-state index in [0.29, 0.717) is 11.8 Å². The van der Waals surface area contributed by atoms with Crippen LogP contribution in [0.25, 0.3) is 0 Å². The van der Waals surface area contributed by atoms with Crippen molar-refractivity contribution in [3.8, 4) is 0 Å². The van der Waals surface area contributed by atoms with Crippen molar-refractivity contribution in [2.45, 2.75) is 12.8 Å². The Morgan fingerprint density at radius 1 is 0.889 bits per heavy atom. The third kappa shape index (κ3) is 4.15. The molecule has 0 radical (unpaired) electrons. The van der Waals surface area contributed by atoms with Crippen molar-refractivity contribution >= 4 is 27.5 Å². The largest absolute Gasteiger partial charge is 0.126 e. The van der Waals surface area contributed by atoms with Crippen LogP contribution in [0, 0.1) is 5.92 Å². The molecule has 0 heterocycles. The first-order valence-electron chi connectivity index (χ1n) is 6.12. The maximum absolute atomic E-state index is 6.10. The maximum Gasteiger partial charge on any atom is 0.0258 e. The van der Waals surface area contributed by atoms with Gasteiger partial charge in [0.05, 0.1) is 0 Å². The van der Waals surface area contributed by atoms with Gasteiger partial charge in [-0.25, -0.2) is 0 Å². The Labute approximate surface area is 122 Å². The van der Waals surface area contributed by atoms with Gasteiger partial charge in [0.25, 0.3) is 0 Å². The Hall–Kier alpha value is -0.790. The maximum atomic E-state index is 6.10. The zero-order chi connectivity index (χ0) is 12.8. The molecule has 2 aromatic rings. The van der Waals surface area contributed by atoms with E-state index in [9.17, 15) is 0 Å². The van der Waals surface area contributed by atoms with Crippen LogP contribution in [0.4, 0.5) is 0 Å². The van der Waals surface area contributed by atoms with Gasteiger partial charge in [-0.15, -0.1) is 11.6 Å². The van der Waals surface area contributed by atoms with E-state index in [4.69, 9.17) is 11.6 Å². The quantitative estimate of drug-likeness (QED) is 0.672. The van der Waals surface area contributed by atoms with Crippen molar-refractivity contribution < 1.29 is 0 Å². The van der Waals surface area contributed by atoms with Crippen LogP contribution in [0.2, 0.25) is 0 Å². The summed E-state index contributed by atoms with van der Waals surface area (Å²) in [5.41, 5.74) is 2.70. The lowest BCUT2D eigenvalue weighted by molar-refractivity contribution is 0.584. The second-order valence-corrected chi connectivity index (χ2v) is 5.77. The molecular weight excluding hydrogens is 308 g/mol. The smallest absolute Gasteiger partial charge is 0.0258 e. The summed E-state index contributed by atoms with van der Waals surface area (Å²) in [4.78, 5) is 0. The molecule has 0 N–H and O–H groups in total. The molecule has 0 aromatic heterocycles. The summed E-state index contributed by atoms with van der Waals surface area (Å²) in [7, 11) is 0. The highest BCUT2D eigenvalue weighted by atomic mass is 79.9. The summed E-state index contributed by atoms with van der Waals surface area (Å²) in [6, 6.07) is 19.0. The molecule has 0 saturated heterocycles. The van der Waals surface area contributed by atoms with E-state index in [-0.39, 0.29) is 0 Å². The lowest BCUT2D eigenvalue weighted by atomic mass is 9.94. The van der Waals surface area contributed by atoms with Crippen LogP contribution in [0.1, 0.15) is 11.1 Å². The van der Waals surface area contributed by atoms with E-state index in [0.717, 1.165) is 17.3 Å². The molecule has 0 saturated carbocycles. The van der Waals surface area contributed by atoms with Crippen molar-refractivity contribution in [2.75, 3.05) is 5.88 Å². The normalized spacial score (nSPS) is 12.3. The zero-order valence-corrected chi connectivity index (χ0v) is 12.5. The Morgan fingerprint density at radius 2 is 1.56 bits per heavy atom. The molecule has 94 valence electrons. The van der Waals surface area contributed by atoms with Gasteiger partial charge in [0, 0.05) is 10.4 Å². The number of hydrogen-bond acceptors (Lipinski definition) is 0. The summed E-state index contributed by atoms with van der Waals surface area (Å²) in [5.74, 6) is 1.19. The third-order valence-corrected chi connectivity index (χ3v) is 3.93. The molecule has 0 bridgehead atoms. The summed E-state index contributed by atoms with van der Waals surface area (Å²) in [5, 5.41) is 0. The van der Waals surface area contributed by atoms with Crippen molar-refractivity contribution in [1.29, 1.82) is 0 Å². The van der Waals surface area contributed by atoms with Crippen LogP contribution < -0.4 is 0 Å². The molecule has 0 nitrogen and oxygen atoms in total. The summed E-state index contributed by atoms with van der Waals surface area (Å²) in [6.07, 6.45) is 2.06. The fourth-order valence-electron chi connectivity index (χ4n) is 2.13. The van der Waals surface area contributed by atoms with Crippen LogP contribution >= 0.6 is 27.5 Å². The van der Waals surface area contributed by atoms with Gasteiger partial charge in [-0.3, -0.25) is 0 Å². The summed E-state index contributed by atoms with van der Waals surface area (Å²) in [6.45, 7) is 0. The highest BCUT2D eigenvalue weighted by Crippen LogP contribution is 2.19. The van der Waals surface area contributed by atoms with Gasteiger partial charge in [-0.2, -0.15) is 0 Å². The topological polar surface area (TPSA) is 0 Å². The Balaban J connectivity index is 2.01. The first-order valence-corrected chi connectivity index (χ1v) is 7.45. The Morgan fingerprint density at radius 3 is 2.22 bits per heavy atom. The van der Waals surface area contributed by atoms with Gasteiger partial charge in [-0.1, -0.05) is 58.4 Å². The van der Waals surface area contributed by atoms with Gasteiger partial charge in [0.2, 0.25) is 0 Å². The Bertz CT molecular complexity index is 481. The molecule has 0 aliphatic carbocycles. The highest BCUT2D eigenvalue weighted by Gasteiger charge is 2.09. The predicted octanol–water partition coefficient (Wildman–Crippen LogP) is 5.09. The molecule has 2 rings (SSSR count). The first kappa shape index (κ1) is 13.6. The number of hydrogen-bond donors (Lipinski definition) is 0. The van der Waals surface area contributed by atoms with E-state index >= 15 is 0 Å². The molecule has 2 aromatic carbocycles. The van der Waals surface area contributed by atoms with Crippen molar-refractivity contribution in [3.63, 3.8) is 0 Å². The zero-order valence-electron chi connectivity index (χ0n) is 10.2. The lowest BCUT2D eigenvalue weighted by Crippen LogP contribution is -2.10. The van der Waals surface area contributed by atoms with E-state index in [1.807, 2.05) is 6.07 Å². The van der Waals surface area contributed by atoms with Gasteiger partial charge in [0.15, 0.2) is 0 Å². The van der Waals surface area contributed by atoms with E-state index < -0.39 is 0 Å². The van der Waals surface area contributed by atoms with Crippen molar-refractivity contribution in [2.24, 2.45) is 5.92 Å². The van der Waals surface area contributed by atoms with Gasteiger partial charge in [-0.05, 0) is 42.0 Å². The van der Waals surface area contributed by atoms with E-state index in [1.165, 1.54) is 11.1 Å². The van der Waals surface area contributed by atoms with Gasteiger partial charge >= 0.3 is 0 Å². The third-order valence-electron chi connectivity index (χ3n) is 3.00. The summed E-state index contributed by atoms with van der Waals surface area (Å²) < 4.78 is 1.13. The first-order chi connectivity index (χ1) is 8.78. The molecule has 0 spiro atoms. The standard InChI is InChI=1S/C16H16BrCl/c17-16-8-4-7-14(11-16)10-15(12-18)9-13-5-2-1-3-6-13/h1-8,11,15H,9-10,12H2. The average Bonchev–Trinajstić information content (AvgIpc) is 2.39. The molecule has 0 amide bonds. The van der Waals surface area contributed by atoms with E-state index in [2.05, 4.69) is 64.5 Å². The number of alkyl halides is 1. The second-order valence-electron chi connectivity index (χ2n) is 4.54. The molecule has 2 heteroatoms. The molecule has 0 fully saturated rings. The van der Waals surface area contributed by atoms with Crippen LogP contribution in [-0.2, 0) is 12.8 Å². The van der Waals surface area contributed by atoms with Crippen LogP contribution in [0.3, 0.4) is 0 Å². The summed E-state index contributed by atoms with van der Waals surface area (Å²) >= 11 is 9.60. The van der Waals surface area contributed by atoms with E-state index in [1.54, 1.807) is 0 Å². The fraction of sp³-hybridized carbons (Fsp3) is 0.250. The second kappa shape index (κ2) is 6.96. The highest BCUT2D eigenvalue weighted by molar-refractivity contribution is 9.10. The minimum Gasteiger partial charge on any atom is -0.126 e. The predicted molar refractivity (Wildman–Crippen MR) is 82.2 cm³/mol. The molecule has 0 aliphatic heterocycles. The van der Waals surface area contributed by atoms with Crippen molar-refractivity contribution in [1.82, 2.24) is 0 Å². The molecule has 18 heavy (non-hydrogen) atoms. The molecule has 1 unspecified atom stereocenters. The van der Waals surface area contributed by atoms with Crippen LogP contribution in [0.15, 0.2) is 59.1 Å². The van der Waals surface area contributed by atoms with Crippen LogP contribution in [-0.4, -0.2) is 5.88 Å². The van der Waals surface area contributed by atoms with Gasteiger partial charge in [0.1, 0.15) is 0 Å². The van der Waals surface area contributed by atoms with Gasteiger partial charge < -0.3 is 0 Å². The molecule has 1 atom stereocenters. The average molecular weight is 324 g/mol. The minimum atomic E-state index is 0.489. The molecular formula is C16H16BrCl. The van der Waals surface area contributed by atoms with Crippen molar-refractivity contribution in [3.05, 3.63) is 70.2 Å². The number of halogens is 2. The minimum absolute atomic E-state index is 0.489. The number of rotatable bonds is 5. The monoisotopic (exact) mass is 322 g/mol.